The molecule has 0 saturated heterocycles. The molecule has 2 aromatic rings. The van der Waals surface area contributed by atoms with E-state index in [4.69, 9.17) is 23.2 Å². The first-order chi connectivity index (χ1) is 13.8. The van der Waals surface area contributed by atoms with Crippen LogP contribution in [0.4, 0.5) is 5.69 Å². The van der Waals surface area contributed by atoms with Gasteiger partial charge in [0.2, 0.25) is 5.91 Å². The molecule has 1 N–H and O–H groups in total. The highest BCUT2D eigenvalue weighted by atomic mass is 35.5. The fourth-order valence-corrected chi connectivity index (χ4v) is 3.96. The summed E-state index contributed by atoms with van der Waals surface area (Å²) in [5.74, 6) is -0.414. The number of rotatable bonds is 4. The molecular weight excluding hydrogens is 429 g/mol. The number of carbonyl (C=O) groups is 2. The van der Waals surface area contributed by atoms with Gasteiger partial charge in [-0.25, -0.2) is 4.99 Å². The standard InChI is InChI=1S/C21H19Cl2N3O2S/c1-12-4-7-15(8-5-12)26-20(28)18(11-14-6-9-16(22)17(23)10-14)25-21(26)29-13(2)19(27)24-3/h4-11,13H,1-3H3,(H,24,27)/b18-11-. The third kappa shape index (κ3) is 4.83. The summed E-state index contributed by atoms with van der Waals surface area (Å²) in [5.41, 5.74) is 2.74. The normalized spacial score (nSPS) is 16.2. The Morgan fingerprint density at radius 2 is 1.86 bits per heavy atom. The van der Waals surface area contributed by atoms with Crippen molar-refractivity contribution in [2.75, 3.05) is 11.9 Å². The topological polar surface area (TPSA) is 61.8 Å². The van der Waals surface area contributed by atoms with Crippen LogP contribution in [0.5, 0.6) is 0 Å². The highest BCUT2D eigenvalue weighted by Gasteiger charge is 2.34. The summed E-state index contributed by atoms with van der Waals surface area (Å²) in [5, 5.41) is 3.48. The van der Waals surface area contributed by atoms with Gasteiger partial charge in [0.25, 0.3) is 5.91 Å². The molecule has 5 nitrogen and oxygen atoms in total. The van der Waals surface area contributed by atoms with Gasteiger partial charge in [0.15, 0.2) is 5.17 Å². The van der Waals surface area contributed by atoms with Gasteiger partial charge in [0.1, 0.15) is 5.70 Å². The van der Waals surface area contributed by atoms with Gasteiger partial charge in [0.05, 0.1) is 21.0 Å². The van der Waals surface area contributed by atoms with Gasteiger partial charge in [-0.05, 0) is 49.8 Å². The van der Waals surface area contributed by atoms with E-state index in [-0.39, 0.29) is 17.5 Å². The molecule has 8 heteroatoms. The largest absolute Gasteiger partial charge is 0.358 e. The number of thioether (sulfide) groups is 1. The molecule has 0 saturated carbocycles. The number of aryl methyl sites for hydroxylation is 1. The highest BCUT2D eigenvalue weighted by Crippen LogP contribution is 2.32. The minimum Gasteiger partial charge on any atom is -0.358 e. The predicted octanol–water partition coefficient (Wildman–Crippen LogP) is 4.91. The van der Waals surface area contributed by atoms with E-state index in [9.17, 15) is 9.59 Å². The molecule has 2 aromatic carbocycles. The molecule has 1 atom stereocenters. The number of benzene rings is 2. The lowest BCUT2D eigenvalue weighted by Gasteiger charge is -2.19. The van der Waals surface area contributed by atoms with E-state index in [2.05, 4.69) is 10.3 Å². The lowest BCUT2D eigenvalue weighted by atomic mass is 10.2. The first-order valence-electron chi connectivity index (χ1n) is 8.85. The van der Waals surface area contributed by atoms with E-state index in [1.54, 1.807) is 38.2 Å². The predicted molar refractivity (Wildman–Crippen MR) is 122 cm³/mol. The van der Waals surface area contributed by atoms with Crippen molar-refractivity contribution >= 4 is 63.7 Å². The van der Waals surface area contributed by atoms with Gasteiger partial charge in [0, 0.05) is 7.05 Å². The Kier molecular flexibility index (Phi) is 6.67. The Morgan fingerprint density at radius 3 is 2.48 bits per heavy atom. The molecule has 0 fully saturated rings. The average Bonchev–Trinajstić information content (AvgIpc) is 2.99. The zero-order chi connectivity index (χ0) is 21.1. The molecule has 29 heavy (non-hydrogen) atoms. The van der Waals surface area contributed by atoms with Crippen molar-refractivity contribution in [3.63, 3.8) is 0 Å². The first kappa shape index (κ1) is 21.4. The molecule has 1 aliphatic rings. The Hall–Kier alpha value is -2.28. The number of amidine groups is 1. The zero-order valence-corrected chi connectivity index (χ0v) is 18.4. The van der Waals surface area contributed by atoms with Gasteiger partial charge in [-0.2, -0.15) is 0 Å². The first-order valence-corrected chi connectivity index (χ1v) is 10.5. The Bertz CT molecular complexity index is 1020. The second kappa shape index (κ2) is 9.03. The number of aliphatic imine (C=N–C) groups is 1. The third-order valence-corrected chi connectivity index (χ3v) is 6.06. The van der Waals surface area contributed by atoms with E-state index in [0.29, 0.717) is 26.5 Å². The monoisotopic (exact) mass is 447 g/mol. The van der Waals surface area contributed by atoms with E-state index in [0.717, 1.165) is 5.56 Å². The molecule has 1 unspecified atom stereocenters. The molecule has 3 rings (SSSR count). The number of amides is 2. The quantitative estimate of drug-likeness (QED) is 0.676. The lowest BCUT2D eigenvalue weighted by molar-refractivity contribution is -0.119. The maximum absolute atomic E-state index is 13.1. The maximum Gasteiger partial charge on any atom is 0.283 e. The number of carbonyl (C=O) groups excluding carboxylic acids is 2. The summed E-state index contributed by atoms with van der Waals surface area (Å²) in [7, 11) is 1.58. The van der Waals surface area contributed by atoms with Crippen LogP contribution in [0.25, 0.3) is 6.08 Å². The number of anilines is 1. The van der Waals surface area contributed by atoms with E-state index in [1.165, 1.54) is 16.7 Å². The number of hydrogen-bond donors (Lipinski definition) is 1. The SMILES string of the molecule is CNC(=O)C(C)SC1=N/C(=C\c2ccc(Cl)c(Cl)c2)C(=O)N1c1ccc(C)cc1. The van der Waals surface area contributed by atoms with Crippen LogP contribution in [0.3, 0.4) is 0 Å². The summed E-state index contributed by atoms with van der Waals surface area (Å²) in [4.78, 5) is 31.2. The van der Waals surface area contributed by atoms with Crippen molar-refractivity contribution in [1.29, 1.82) is 0 Å². The smallest absolute Gasteiger partial charge is 0.283 e. The molecule has 0 bridgehead atoms. The third-order valence-electron chi connectivity index (χ3n) is 4.27. The molecule has 2 amide bonds. The Morgan fingerprint density at radius 1 is 1.17 bits per heavy atom. The molecule has 0 aromatic heterocycles. The number of hydrogen-bond acceptors (Lipinski definition) is 4. The fraction of sp³-hybridized carbons (Fsp3) is 0.190. The van der Waals surface area contributed by atoms with Crippen LogP contribution < -0.4 is 10.2 Å². The van der Waals surface area contributed by atoms with E-state index < -0.39 is 5.25 Å². The minimum absolute atomic E-state index is 0.143. The van der Waals surface area contributed by atoms with Crippen molar-refractivity contribution in [1.82, 2.24) is 5.32 Å². The maximum atomic E-state index is 13.1. The summed E-state index contributed by atoms with van der Waals surface area (Å²) >= 11 is 13.3. The molecular formula is C21H19Cl2N3O2S. The molecule has 0 aliphatic carbocycles. The van der Waals surface area contributed by atoms with Crippen LogP contribution in [-0.2, 0) is 9.59 Å². The second-order valence-electron chi connectivity index (χ2n) is 6.45. The van der Waals surface area contributed by atoms with Crippen molar-refractivity contribution in [3.05, 3.63) is 69.3 Å². The number of nitrogens with zero attached hydrogens (tertiary/aromatic N) is 2. The van der Waals surface area contributed by atoms with E-state index >= 15 is 0 Å². The minimum atomic E-state index is -0.413. The molecule has 1 aliphatic heterocycles. The van der Waals surface area contributed by atoms with Crippen LogP contribution in [0.1, 0.15) is 18.1 Å². The van der Waals surface area contributed by atoms with Crippen molar-refractivity contribution in [3.8, 4) is 0 Å². The van der Waals surface area contributed by atoms with Crippen LogP contribution in [-0.4, -0.2) is 29.3 Å². The van der Waals surface area contributed by atoms with Gasteiger partial charge in [-0.3, -0.25) is 14.5 Å². The molecule has 1 heterocycles. The Balaban J connectivity index is 2.00. The van der Waals surface area contributed by atoms with Gasteiger partial charge in [-0.15, -0.1) is 0 Å². The highest BCUT2D eigenvalue weighted by molar-refractivity contribution is 8.15. The Labute approximate surface area is 183 Å². The van der Waals surface area contributed by atoms with Crippen molar-refractivity contribution < 1.29 is 9.59 Å². The van der Waals surface area contributed by atoms with Crippen LogP contribution in [0, 0.1) is 6.92 Å². The van der Waals surface area contributed by atoms with E-state index in [1.807, 2.05) is 31.2 Å². The van der Waals surface area contributed by atoms with Gasteiger partial charge < -0.3 is 5.32 Å². The van der Waals surface area contributed by atoms with Crippen molar-refractivity contribution in [2.45, 2.75) is 19.1 Å². The molecule has 150 valence electrons. The fourth-order valence-electron chi connectivity index (χ4n) is 2.67. The van der Waals surface area contributed by atoms with Crippen molar-refractivity contribution in [2.24, 2.45) is 4.99 Å². The average molecular weight is 448 g/mol. The zero-order valence-electron chi connectivity index (χ0n) is 16.1. The number of nitrogens with one attached hydrogen (secondary N) is 1. The van der Waals surface area contributed by atoms with Crippen LogP contribution >= 0.6 is 35.0 Å². The second-order valence-corrected chi connectivity index (χ2v) is 8.57. The van der Waals surface area contributed by atoms with Crippen LogP contribution in [0.2, 0.25) is 10.0 Å². The number of halogens is 2. The molecule has 0 spiro atoms. The summed E-state index contributed by atoms with van der Waals surface area (Å²) in [6.07, 6.45) is 1.66. The summed E-state index contributed by atoms with van der Waals surface area (Å²) in [6.45, 7) is 3.74. The molecule has 0 radical (unpaired) electrons. The van der Waals surface area contributed by atoms with Crippen LogP contribution in [0.15, 0.2) is 53.2 Å². The summed E-state index contributed by atoms with van der Waals surface area (Å²) in [6, 6.07) is 12.7. The summed E-state index contributed by atoms with van der Waals surface area (Å²) < 4.78 is 0. The van der Waals surface area contributed by atoms with Gasteiger partial charge >= 0.3 is 0 Å². The lowest BCUT2D eigenvalue weighted by Crippen LogP contribution is -2.34. The van der Waals surface area contributed by atoms with Gasteiger partial charge in [-0.1, -0.05) is 58.7 Å².